The highest BCUT2D eigenvalue weighted by Crippen LogP contribution is 2.25. The molecule has 2 aliphatic rings. The molecule has 5 heteroatoms. The molecule has 1 unspecified atom stereocenters. The molecule has 3 rings (SSSR count). The zero-order valence-electron chi connectivity index (χ0n) is 13.6. The number of carbonyl (C=O) groups excluding carboxylic acids is 1. The van der Waals surface area contributed by atoms with Gasteiger partial charge in [-0.05, 0) is 69.4 Å². The van der Waals surface area contributed by atoms with E-state index in [-0.39, 0.29) is 5.91 Å². The van der Waals surface area contributed by atoms with Gasteiger partial charge in [0.1, 0.15) is 0 Å². The maximum absolute atomic E-state index is 12.0. The summed E-state index contributed by atoms with van der Waals surface area (Å²) >= 11 is 5.93. The molecule has 2 N–H and O–H groups in total. The normalized spacial score (nSPS) is 23.1. The van der Waals surface area contributed by atoms with Gasteiger partial charge in [0.05, 0.1) is 0 Å². The topological polar surface area (TPSA) is 44.4 Å². The Balaban J connectivity index is 1.36. The molecule has 23 heavy (non-hydrogen) atoms. The fourth-order valence-corrected chi connectivity index (χ4v) is 3.93. The number of nitrogens with one attached hydrogen (secondary N) is 2. The lowest BCUT2D eigenvalue weighted by molar-refractivity contribution is -0.116. The van der Waals surface area contributed by atoms with Gasteiger partial charge in [0.25, 0.3) is 0 Å². The van der Waals surface area contributed by atoms with Crippen molar-refractivity contribution in [2.45, 2.75) is 38.1 Å². The van der Waals surface area contributed by atoms with E-state index in [1.54, 1.807) is 12.1 Å². The van der Waals surface area contributed by atoms with Crippen molar-refractivity contribution in [3.63, 3.8) is 0 Å². The van der Waals surface area contributed by atoms with E-state index in [1.807, 2.05) is 12.1 Å². The van der Waals surface area contributed by atoms with Crippen LogP contribution in [-0.4, -0.2) is 43.0 Å². The average molecular weight is 336 g/mol. The Bertz CT molecular complexity index is 523. The van der Waals surface area contributed by atoms with Gasteiger partial charge in [0.2, 0.25) is 5.91 Å². The van der Waals surface area contributed by atoms with Gasteiger partial charge in [-0.25, -0.2) is 0 Å². The Morgan fingerprint density at radius 3 is 2.83 bits per heavy atom. The van der Waals surface area contributed by atoms with E-state index in [9.17, 15) is 4.79 Å². The van der Waals surface area contributed by atoms with Crippen molar-refractivity contribution < 1.29 is 4.79 Å². The van der Waals surface area contributed by atoms with Crippen LogP contribution in [-0.2, 0) is 4.79 Å². The van der Waals surface area contributed by atoms with E-state index < -0.39 is 0 Å². The molecule has 1 aromatic carbocycles. The van der Waals surface area contributed by atoms with Crippen LogP contribution in [0.1, 0.15) is 32.1 Å². The number of anilines is 1. The van der Waals surface area contributed by atoms with E-state index in [0.717, 1.165) is 37.3 Å². The summed E-state index contributed by atoms with van der Waals surface area (Å²) in [5, 5.41) is 7.19. The third-order valence-electron chi connectivity index (χ3n) is 5.06. The van der Waals surface area contributed by atoms with E-state index in [2.05, 4.69) is 15.5 Å². The fourth-order valence-electron chi connectivity index (χ4n) is 3.74. The van der Waals surface area contributed by atoms with Gasteiger partial charge in [0, 0.05) is 29.7 Å². The number of nitrogens with zero attached hydrogens (tertiary/aromatic N) is 1. The summed E-state index contributed by atoms with van der Waals surface area (Å²) in [5.74, 6) is 0.890. The fraction of sp³-hybridized carbons (Fsp3) is 0.611. The zero-order chi connectivity index (χ0) is 16.1. The minimum Gasteiger partial charge on any atom is -0.326 e. The molecule has 2 aliphatic heterocycles. The number of hydrogen-bond acceptors (Lipinski definition) is 3. The lowest BCUT2D eigenvalue weighted by Crippen LogP contribution is -2.41. The number of likely N-dealkylation sites (tertiary alicyclic amines) is 1. The Hall–Kier alpha value is -1.10. The van der Waals surface area contributed by atoms with Crippen LogP contribution in [0.4, 0.5) is 5.69 Å². The molecule has 2 heterocycles. The van der Waals surface area contributed by atoms with Gasteiger partial charge < -0.3 is 15.5 Å². The molecule has 2 saturated heterocycles. The van der Waals surface area contributed by atoms with Gasteiger partial charge in [-0.15, -0.1) is 0 Å². The largest absolute Gasteiger partial charge is 0.326 e. The molecule has 0 spiro atoms. The number of hydrogen-bond donors (Lipinski definition) is 2. The third kappa shape index (κ3) is 4.93. The van der Waals surface area contributed by atoms with Crippen LogP contribution in [0.3, 0.4) is 0 Å². The molecule has 1 aromatic rings. The minimum absolute atomic E-state index is 0.0619. The van der Waals surface area contributed by atoms with Crippen LogP contribution in [0.5, 0.6) is 0 Å². The highest BCUT2D eigenvalue weighted by Gasteiger charge is 2.28. The highest BCUT2D eigenvalue weighted by atomic mass is 35.5. The van der Waals surface area contributed by atoms with Crippen LogP contribution < -0.4 is 10.6 Å². The standard InChI is InChI=1S/C18H26ClN3O/c19-15-3-1-4-16(13-15)21-18(23)8-12-22-10-6-14(7-11-22)17-5-2-9-20-17/h1,3-4,13-14,17,20H,2,5-12H2,(H,21,23). The number of halogens is 1. The minimum atomic E-state index is 0.0619. The second-order valence-corrected chi connectivity index (χ2v) is 7.13. The van der Waals surface area contributed by atoms with Crippen LogP contribution >= 0.6 is 11.6 Å². The average Bonchev–Trinajstić information content (AvgIpc) is 3.08. The van der Waals surface area contributed by atoms with Gasteiger partial charge >= 0.3 is 0 Å². The first-order chi connectivity index (χ1) is 11.2. The van der Waals surface area contributed by atoms with E-state index in [4.69, 9.17) is 11.6 Å². The highest BCUT2D eigenvalue weighted by molar-refractivity contribution is 6.30. The second-order valence-electron chi connectivity index (χ2n) is 6.69. The first-order valence-electron chi connectivity index (χ1n) is 8.72. The van der Waals surface area contributed by atoms with Crippen molar-refractivity contribution in [2.75, 3.05) is 31.5 Å². The van der Waals surface area contributed by atoms with Crippen molar-refractivity contribution >= 4 is 23.2 Å². The van der Waals surface area contributed by atoms with Gasteiger partial charge in [-0.1, -0.05) is 17.7 Å². The summed E-state index contributed by atoms with van der Waals surface area (Å²) in [4.78, 5) is 14.5. The van der Waals surface area contributed by atoms with Crippen molar-refractivity contribution in [1.29, 1.82) is 0 Å². The molecule has 0 saturated carbocycles. The lowest BCUT2D eigenvalue weighted by atomic mass is 9.88. The maximum atomic E-state index is 12.0. The first kappa shape index (κ1) is 16.7. The summed E-state index contributed by atoms with van der Waals surface area (Å²) in [6, 6.07) is 8.03. The molecule has 0 radical (unpaired) electrons. The second kappa shape index (κ2) is 8.13. The summed E-state index contributed by atoms with van der Waals surface area (Å²) in [7, 11) is 0. The van der Waals surface area contributed by atoms with Crippen molar-refractivity contribution in [2.24, 2.45) is 5.92 Å². The molecule has 0 aliphatic carbocycles. The number of carbonyl (C=O) groups is 1. The molecule has 4 nitrogen and oxygen atoms in total. The van der Waals surface area contributed by atoms with Crippen molar-refractivity contribution in [3.05, 3.63) is 29.3 Å². The van der Waals surface area contributed by atoms with Crippen LogP contribution in [0.2, 0.25) is 5.02 Å². The smallest absolute Gasteiger partial charge is 0.225 e. The predicted molar refractivity (Wildman–Crippen MR) is 94.9 cm³/mol. The quantitative estimate of drug-likeness (QED) is 0.869. The van der Waals surface area contributed by atoms with Crippen LogP contribution in [0.25, 0.3) is 0 Å². The molecule has 0 bridgehead atoms. The molecule has 1 amide bonds. The first-order valence-corrected chi connectivity index (χ1v) is 9.09. The molecular weight excluding hydrogens is 310 g/mol. The number of benzene rings is 1. The third-order valence-corrected chi connectivity index (χ3v) is 5.30. The predicted octanol–water partition coefficient (Wildman–Crippen LogP) is 3.13. The SMILES string of the molecule is O=C(CCN1CCC(C2CCCN2)CC1)Nc1cccc(Cl)c1. The molecule has 0 aromatic heterocycles. The Kier molecular flexibility index (Phi) is 5.92. The van der Waals surface area contributed by atoms with Gasteiger partial charge in [-0.2, -0.15) is 0 Å². The van der Waals surface area contributed by atoms with E-state index in [1.165, 1.54) is 32.2 Å². The number of piperidine rings is 1. The Morgan fingerprint density at radius 1 is 1.30 bits per heavy atom. The Labute approximate surface area is 143 Å². The number of amides is 1. The summed E-state index contributed by atoms with van der Waals surface area (Å²) in [6.45, 7) is 4.27. The van der Waals surface area contributed by atoms with Crippen molar-refractivity contribution in [1.82, 2.24) is 10.2 Å². The van der Waals surface area contributed by atoms with Gasteiger partial charge in [0.15, 0.2) is 0 Å². The van der Waals surface area contributed by atoms with Crippen LogP contribution in [0, 0.1) is 5.92 Å². The monoisotopic (exact) mass is 335 g/mol. The molecule has 1 atom stereocenters. The van der Waals surface area contributed by atoms with E-state index in [0.29, 0.717) is 11.4 Å². The van der Waals surface area contributed by atoms with E-state index >= 15 is 0 Å². The van der Waals surface area contributed by atoms with Crippen LogP contribution in [0.15, 0.2) is 24.3 Å². The van der Waals surface area contributed by atoms with Crippen molar-refractivity contribution in [3.8, 4) is 0 Å². The summed E-state index contributed by atoms with van der Waals surface area (Å²) < 4.78 is 0. The molecule has 126 valence electrons. The maximum Gasteiger partial charge on any atom is 0.225 e. The number of rotatable bonds is 5. The molecule has 2 fully saturated rings. The summed E-state index contributed by atoms with van der Waals surface area (Å²) in [6.07, 6.45) is 5.72. The molecular formula is C18H26ClN3O. The Morgan fingerprint density at radius 2 is 2.13 bits per heavy atom. The lowest BCUT2D eigenvalue weighted by Gasteiger charge is -2.34. The zero-order valence-corrected chi connectivity index (χ0v) is 14.3. The van der Waals surface area contributed by atoms with Gasteiger partial charge in [-0.3, -0.25) is 4.79 Å². The summed E-state index contributed by atoms with van der Waals surface area (Å²) in [5.41, 5.74) is 0.772.